The molecule has 3 aliphatic heterocycles. The van der Waals surface area contributed by atoms with Crippen LogP contribution in [0.1, 0.15) is 56.7 Å². The van der Waals surface area contributed by atoms with E-state index in [-0.39, 0.29) is 17.2 Å². The molecule has 0 bridgehead atoms. The van der Waals surface area contributed by atoms with Gasteiger partial charge in [0.15, 0.2) is 0 Å². The summed E-state index contributed by atoms with van der Waals surface area (Å²) in [5.74, 6) is 0.565. The van der Waals surface area contributed by atoms with Crippen molar-refractivity contribution >= 4 is 51.5 Å². The number of anilines is 2. The number of carbonyl (C=O) groups excluding carboxylic acids is 1. The lowest BCUT2D eigenvalue weighted by Gasteiger charge is -2.37. The quantitative estimate of drug-likeness (QED) is 0.176. The Morgan fingerprint density at radius 1 is 1.19 bits per heavy atom. The Morgan fingerprint density at radius 3 is 2.75 bits per heavy atom. The van der Waals surface area contributed by atoms with Crippen molar-refractivity contribution in [1.29, 1.82) is 5.26 Å². The molecule has 1 saturated heterocycles. The Morgan fingerprint density at radius 2 is 1.98 bits per heavy atom. The molecular formula is C37H42ClN7O2S. The van der Waals surface area contributed by atoms with Crippen LogP contribution in [0.25, 0.3) is 10.8 Å². The molecule has 1 unspecified atom stereocenters. The van der Waals surface area contributed by atoms with Crippen LogP contribution in [-0.4, -0.2) is 75.1 Å². The fourth-order valence-corrected chi connectivity index (χ4v) is 9.06. The topological polar surface area (TPSA) is 88.8 Å². The van der Waals surface area contributed by atoms with Gasteiger partial charge in [-0.2, -0.15) is 15.2 Å². The molecule has 1 aliphatic carbocycles. The largest absolute Gasteiger partial charge is 0.462 e. The van der Waals surface area contributed by atoms with E-state index in [0.29, 0.717) is 49.2 Å². The molecule has 0 radical (unpaired) electrons. The fourth-order valence-electron chi connectivity index (χ4n) is 7.59. The second kappa shape index (κ2) is 13.6. The van der Waals surface area contributed by atoms with Crippen LogP contribution >= 0.6 is 23.4 Å². The number of hydrogen-bond acceptors (Lipinski definition) is 9. The third-order valence-electron chi connectivity index (χ3n) is 10.5. The van der Waals surface area contributed by atoms with E-state index in [1.54, 1.807) is 4.90 Å². The van der Waals surface area contributed by atoms with Gasteiger partial charge in [-0.3, -0.25) is 9.69 Å². The zero-order valence-electron chi connectivity index (χ0n) is 27.7. The van der Waals surface area contributed by atoms with Crippen LogP contribution in [0.2, 0.25) is 5.02 Å². The van der Waals surface area contributed by atoms with Crippen LogP contribution in [-0.2, 0) is 17.8 Å². The van der Waals surface area contributed by atoms with E-state index >= 15 is 0 Å². The van der Waals surface area contributed by atoms with Crippen molar-refractivity contribution in [2.24, 2.45) is 0 Å². The Labute approximate surface area is 292 Å². The van der Waals surface area contributed by atoms with E-state index in [0.717, 1.165) is 51.5 Å². The van der Waals surface area contributed by atoms with Crippen molar-refractivity contribution in [2.45, 2.75) is 74.6 Å². The maximum Gasteiger partial charge on any atom is 0.318 e. The highest BCUT2D eigenvalue weighted by atomic mass is 35.5. The number of halogens is 1. The molecule has 1 saturated carbocycles. The summed E-state index contributed by atoms with van der Waals surface area (Å²) in [6.07, 6.45) is 10.5. The van der Waals surface area contributed by atoms with Crippen molar-refractivity contribution in [3.63, 3.8) is 0 Å². The van der Waals surface area contributed by atoms with Gasteiger partial charge in [-0.15, -0.1) is 11.8 Å². The van der Waals surface area contributed by atoms with Crippen molar-refractivity contribution in [3.05, 3.63) is 77.2 Å². The van der Waals surface area contributed by atoms with Gasteiger partial charge < -0.3 is 19.4 Å². The van der Waals surface area contributed by atoms with Crippen molar-refractivity contribution in [3.8, 4) is 12.1 Å². The summed E-state index contributed by atoms with van der Waals surface area (Å²) in [5, 5.41) is 12.8. The number of amides is 1. The van der Waals surface area contributed by atoms with Crippen molar-refractivity contribution in [2.75, 3.05) is 43.1 Å². The zero-order chi connectivity index (χ0) is 33.4. The van der Waals surface area contributed by atoms with Gasteiger partial charge in [0, 0.05) is 48.5 Å². The molecule has 2 atom stereocenters. The molecule has 7 rings (SSSR count). The molecule has 1 aromatic heterocycles. The molecule has 4 aliphatic rings. The number of ether oxygens (including phenoxy) is 1. The van der Waals surface area contributed by atoms with Crippen LogP contribution in [0.3, 0.4) is 0 Å². The number of fused-ring (bicyclic) bond motifs is 2. The predicted molar refractivity (Wildman–Crippen MR) is 193 cm³/mol. The Balaban J connectivity index is 1.20. The number of aromatic nitrogens is 2. The summed E-state index contributed by atoms with van der Waals surface area (Å²) in [7, 11) is 2.27. The van der Waals surface area contributed by atoms with Crippen LogP contribution in [0.4, 0.5) is 11.5 Å². The van der Waals surface area contributed by atoms with Crippen LogP contribution in [0.5, 0.6) is 6.01 Å². The molecule has 2 fully saturated rings. The monoisotopic (exact) mass is 683 g/mol. The van der Waals surface area contributed by atoms with Gasteiger partial charge in [0.25, 0.3) is 0 Å². The van der Waals surface area contributed by atoms with Gasteiger partial charge in [0.2, 0.25) is 5.91 Å². The lowest BCUT2D eigenvalue weighted by molar-refractivity contribution is -0.124. The van der Waals surface area contributed by atoms with Gasteiger partial charge in [0.05, 0.1) is 45.6 Å². The standard InChI is InChI=1S/C37H42ClN7O2S/c1-4-33(46)45-21-20-44(22-27(45)16-18-39)35-28-17-19-43(31-15-9-11-25-10-8-14-29(38)34(25)31)23-30(28)40-36(41-35)47-24-32-37(2,48-32)42(3)26-12-6-5-7-13-26/h4,8-11,14-15,22,26,32H,1,5-7,12-13,16-17,19-21,23-24H2,2-3H3/t32?,37-/m0/s1. The van der Waals surface area contributed by atoms with Gasteiger partial charge in [-0.1, -0.05) is 61.7 Å². The molecule has 48 heavy (non-hydrogen) atoms. The molecule has 2 aromatic carbocycles. The molecule has 3 aromatic rings. The number of allylic oxidation sites excluding steroid dienone is 1. The summed E-state index contributed by atoms with van der Waals surface area (Å²) in [4.78, 5) is 31.3. The average Bonchev–Trinajstić information content (AvgIpc) is 3.80. The highest BCUT2D eigenvalue weighted by Crippen LogP contribution is 2.56. The highest BCUT2D eigenvalue weighted by Gasteiger charge is 2.56. The van der Waals surface area contributed by atoms with Gasteiger partial charge in [-0.05, 0) is 56.8 Å². The molecule has 0 N–H and O–H groups in total. The minimum absolute atomic E-state index is 0.0480. The smallest absolute Gasteiger partial charge is 0.318 e. The Hall–Kier alpha value is -3.78. The summed E-state index contributed by atoms with van der Waals surface area (Å²) in [6.45, 7) is 8.81. The molecule has 9 nitrogen and oxygen atoms in total. The third-order valence-corrected chi connectivity index (χ3v) is 12.5. The van der Waals surface area contributed by atoms with E-state index < -0.39 is 0 Å². The van der Waals surface area contributed by atoms with E-state index in [2.05, 4.69) is 65.6 Å². The van der Waals surface area contributed by atoms with E-state index in [1.165, 1.54) is 38.2 Å². The second-order valence-electron chi connectivity index (χ2n) is 13.3. The van der Waals surface area contributed by atoms with E-state index in [9.17, 15) is 10.1 Å². The number of nitriles is 1. The fraction of sp³-hybridized carbons (Fsp3) is 0.459. The average molecular weight is 684 g/mol. The normalized spacial score (nSPS) is 22.7. The Kier molecular flexibility index (Phi) is 9.29. The number of carbonyl (C=O) groups is 1. The zero-order valence-corrected chi connectivity index (χ0v) is 29.3. The maximum absolute atomic E-state index is 12.6. The molecule has 250 valence electrons. The van der Waals surface area contributed by atoms with E-state index in [1.807, 2.05) is 30.1 Å². The maximum atomic E-state index is 12.6. The van der Waals surface area contributed by atoms with Gasteiger partial charge in [-0.25, -0.2) is 0 Å². The third kappa shape index (κ3) is 6.24. The van der Waals surface area contributed by atoms with Crippen LogP contribution in [0, 0.1) is 11.3 Å². The molecule has 1 amide bonds. The Bertz CT molecular complexity index is 1800. The highest BCUT2D eigenvalue weighted by molar-refractivity contribution is 8.08. The molecule has 11 heteroatoms. The molecular weight excluding hydrogens is 642 g/mol. The summed E-state index contributed by atoms with van der Waals surface area (Å²) < 4.78 is 6.46. The summed E-state index contributed by atoms with van der Waals surface area (Å²) >= 11 is 8.70. The first kappa shape index (κ1) is 32.8. The second-order valence-corrected chi connectivity index (χ2v) is 15.3. The van der Waals surface area contributed by atoms with Gasteiger partial charge >= 0.3 is 6.01 Å². The molecule has 4 heterocycles. The van der Waals surface area contributed by atoms with E-state index in [4.69, 9.17) is 26.3 Å². The first-order valence-electron chi connectivity index (χ1n) is 16.9. The number of benzene rings is 2. The first-order valence-corrected chi connectivity index (χ1v) is 18.2. The minimum Gasteiger partial charge on any atom is -0.462 e. The van der Waals surface area contributed by atoms with Gasteiger partial charge in [0.1, 0.15) is 12.4 Å². The SMILES string of the molecule is C=CC(=O)N1CCN(c2nc(OCC3S[C@]3(C)N(C)C3CCCCC3)nc3c2CCN(c2cccc4cccc(Cl)c24)C3)C=C1CC#N. The van der Waals surface area contributed by atoms with Crippen molar-refractivity contribution < 1.29 is 9.53 Å². The first-order chi connectivity index (χ1) is 23.3. The number of thioether (sulfide) groups is 1. The molecule has 0 spiro atoms. The van der Waals surface area contributed by atoms with Crippen molar-refractivity contribution in [1.82, 2.24) is 19.8 Å². The number of nitrogens with zero attached hydrogens (tertiary/aromatic N) is 7. The number of rotatable bonds is 9. The predicted octanol–water partition coefficient (Wildman–Crippen LogP) is 6.91. The van der Waals surface area contributed by atoms with Crippen LogP contribution in [0.15, 0.2) is 61.0 Å². The summed E-state index contributed by atoms with van der Waals surface area (Å²) in [6, 6.07) is 15.5. The lowest BCUT2D eigenvalue weighted by atomic mass is 9.93. The summed E-state index contributed by atoms with van der Waals surface area (Å²) in [5.41, 5.74) is 3.68. The minimum atomic E-state index is -0.211. The number of hydrogen-bond donors (Lipinski definition) is 0. The lowest BCUT2D eigenvalue weighted by Crippen LogP contribution is -2.43. The van der Waals surface area contributed by atoms with Crippen LogP contribution < -0.4 is 14.5 Å².